The molecule has 0 atom stereocenters. The van der Waals surface area contributed by atoms with E-state index in [1.54, 1.807) is 0 Å². The van der Waals surface area contributed by atoms with Gasteiger partial charge in [-0.3, -0.25) is 15.4 Å². The molecular formula is C25H42N2O4. The van der Waals surface area contributed by atoms with Crippen LogP contribution < -0.4 is 5.32 Å². The third-order valence-corrected chi connectivity index (χ3v) is 5.56. The van der Waals surface area contributed by atoms with E-state index in [1.165, 1.54) is 114 Å². The number of unbranched alkanes of at least 4 members (excludes halogenated alkanes) is 15. The van der Waals surface area contributed by atoms with E-state index >= 15 is 0 Å². The van der Waals surface area contributed by atoms with Gasteiger partial charge in [-0.2, -0.15) is 0 Å². The van der Waals surface area contributed by atoms with Gasteiger partial charge in [0.2, 0.25) is 0 Å². The maximum Gasteiger partial charge on any atom is 0.411 e. The van der Waals surface area contributed by atoms with Crippen molar-refractivity contribution < 1.29 is 14.5 Å². The molecule has 0 saturated carbocycles. The lowest BCUT2D eigenvalue weighted by atomic mass is 10.0. The van der Waals surface area contributed by atoms with E-state index in [9.17, 15) is 14.9 Å². The first-order chi connectivity index (χ1) is 15.1. The number of nitrogens with zero attached hydrogens (tertiary/aromatic N) is 1. The highest BCUT2D eigenvalue weighted by Gasteiger charge is 2.07. The number of carbonyl (C=O) groups excluding carboxylic acids is 1. The number of non-ortho nitro benzene ring substituents is 1. The fourth-order valence-corrected chi connectivity index (χ4v) is 3.64. The molecule has 0 aliphatic rings. The van der Waals surface area contributed by atoms with Crippen LogP contribution in [0.25, 0.3) is 0 Å². The van der Waals surface area contributed by atoms with Crippen molar-refractivity contribution in [1.82, 2.24) is 0 Å². The lowest BCUT2D eigenvalue weighted by Crippen LogP contribution is -2.14. The summed E-state index contributed by atoms with van der Waals surface area (Å²) in [7, 11) is 0. The van der Waals surface area contributed by atoms with E-state index in [4.69, 9.17) is 4.74 Å². The van der Waals surface area contributed by atoms with E-state index < -0.39 is 11.0 Å². The molecule has 176 valence electrons. The van der Waals surface area contributed by atoms with Crippen LogP contribution in [0.5, 0.6) is 0 Å². The van der Waals surface area contributed by atoms with Crippen LogP contribution in [-0.2, 0) is 4.74 Å². The maximum absolute atomic E-state index is 11.7. The van der Waals surface area contributed by atoms with Crippen LogP contribution in [0.15, 0.2) is 24.3 Å². The lowest BCUT2D eigenvalue weighted by Gasteiger charge is -2.07. The van der Waals surface area contributed by atoms with E-state index in [1.807, 2.05) is 0 Å². The Morgan fingerprint density at radius 2 is 1.19 bits per heavy atom. The molecule has 0 aliphatic carbocycles. The summed E-state index contributed by atoms with van der Waals surface area (Å²) in [5.74, 6) is 0. The molecule has 0 bridgehead atoms. The zero-order valence-electron chi connectivity index (χ0n) is 19.4. The number of nitro groups is 1. The van der Waals surface area contributed by atoms with Gasteiger partial charge >= 0.3 is 6.09 Å². The summed E-state index contributed by atoms with van der Waals surface area (Å²) in [5, 5.41) is 13.2. The Balaban J connectivity index is 1.84. The quantitative estimate of drug-likeness (QED) is 0.135. The molecule has 0 saturated heterocycles. The minimum absolute atomic E-state index is 0.00733. The fourth-order valence-electron chi connectivity index (χ4n) is 3.64. The molecule has 0 radical (unpaired) electrons. The van der Waals surface area contributed by atoms with Gasteiger partial charge in [0.15, 0.2) is 0 Å². The molecule has 6 heteroatoms. The van der Waals surface area contributed by atoms with Gasteiger partial charge in [-0.05, 0) is 18.6 Å². The van der Waals surface area contributed by atoms with Crippen LogP contribution in [-0.4, -0.2) is 17.6 Å². The zero-order valence-corrected chi connectivity index (χ0v) is 19.4. The van der Waals surface area contributed by atoms with Crippen molar-refractivity contribution in [2.45, 2.75) is 110 Å². The maximum atomic E-state index is 11.7. The summed E-state index contributed by atoms with van der Waals surface area (Å²) >= 11 is 0. The molecule has 0 heterocycles. The van der Waals surface area contributed by atoms with Crippen molar-refractivity contribution in [3.05, 3.63) is 34.4 Å². The highest BCUT2D eigenvalue weighted by Crippen LogP contribution is 2.16. The number of benzene rings is 1. The molecule has 6 nitrogen and oxygen atoms in total. The van der Waals surface area contributed by atoms with Crippen LogP contribution in [0, 0.1) is 10.1 Å². The summed E-state index contributed by atoms with van der Waals surface area (Å²) < 4.78 is 5.16. The number of carbonyl (C=O) groups is 1. The van der Waals surface area contributed by atoms with Crippen LogP contribution in [0.2, 0.25) is 0 Å². The summed E-state index contributed by atoms with van der Waals surface area (Å²) in [6, 6.07) is 5.69. The molecule has 1 aromatic carbocycles. The molecule has 0 fully saturated rings. The lowest BCUT2D eigenvalue weighted by molar-refractivity contribution is -0.384. The van der Waals surface area contributed by atoms with Gasteiger partial charge in [-0.1, -0.05) is 103 Å². The molecule has 31 heavy (non-hydrogen) atoms. The van der Waals surface area contributed by atoms with Crippen LogP contribution in [0.1, 0.15) is 110 Å². The molecule has 0 aromatic heterocycles. The van der Waals surface area contributed by atoms with E-state index in [0.717, 1.165) is 12.8 Å². The van der Waals surface area contributed by atoms with Crippen LogP contribution in [0.3, 0.4) is 0 Å². The summed E-state index contributed by atoms with van der Waals surface area (Å²) in [4.78, 5) is 21.9. The van der Waals surface area contributed by atoms with Crippen molar-refractivity contribution in [3.8, 4) is 0 Å². The Morgan fingerprint density at radius 1 is 0.774 bits per heavy atom. The number of rotatable bonds is 19. The second kappa shape index (κ2) is 18.6. The number of anilines is 1. The van der Waals surface area contributed by atoms with Gasteiger partial charge in [-0.25, -0.2) is 4.79 Å². The summed E-state index contributed by atoms with van der Waals surface area (Å²) in [6.45, 7) is 2.67. The van der Waals surface area contributed by atoms with Gasteiger partial charge in [0.1, 0.15) is 0 Å². The Morgan fingerprint density at radius 3 is 1.61 bits per heavy atom. The molecule has 1 N–H and O–H groups in total. The van der Waals surface area contributed by atoms with Gasteiger partial charge in [-0.15, -0.1) is 0 Å². The average molecular weight is 435 g/mol. The number of nitro benzene ring substituents is 1. The van der Waals surface area contributed by atoms with Gasteiger partial charge in [0.05, 0.1) is 11.5 Å². The van der Waals surface area contributed by atoms with Crippen LogP contribution >= 0.6 is 0 Å². The highest BCUT2D eigenvalue weighted by molar-refractivity contribution is 5.84. The van der Waals surface area contributed by atoms with Crippen molar-refractivity contribution >= 4 is 17.5 Å². The Labute approximate surface area is 188 Å². The smallest absolute Gasteiger partial charge is 0.411 e. The summed E-state index contributed by atoms with van der Waals surface area (Å²) in [6.07, 6.45) is 20.4. The Kier molecular flexibility index (Phi) is 16.2. The predicted molar refractivity (Wildman–Crippen MR) is 128 cm³/mol. The van der Waals surface area contributed by atoms with E-state index in [0.29, 0.717) is 12.3 Å². The van der Waals surface area contributed by atoms with Crippen LogP contribution in [0.4, 0.5) is 16.2 Å². The van der Waals surface area contributed by atoms with Gasteiger partial charge in [0, 0.05) is 17.8 Å². The molecule has 1 aromatic rings. The first-order valence-corrected chi connectivity index (χ1v) is 12.3. The molecule has 0 aliphatic heterocycles. The average Bonchev–Trinajstić information content (AvgIpc) is 2.76. The fraction of sp³-hybridized carbons (Fsp3) is 0.720. The normalized spacial score (nSPS) is 10.7. The highest BCUT2D eigenvalue weighted by atomic mass is 16.6. The Bertz CT molecular complexity index is 590. The van der Waals surface area contributed by atoms with Crippen molar-refractivity contribution in [2.75, 3.05) is 11.9 Å². The third kappa shape index (κ3) is 15.4. The molecule has 1 rings (SSSR count). The minimum Gasteiger partial charge on any atom is -0.449 e. The number of hydrogen-bond acceptors (Lipinski definition) is 4. The monoisotopic (exact) mass is 434 g/mol. The summed E-state index contributed by atoms with van der Waals surface area (Å²) in [5.41, 5.74) is 0.481. The zero-order chi connectivity index (χ0) is 22.6. The topological polar surface area (TPSA) is 81.5 Å². The van der Waals surface area contributed by atoms with E-state index in [2.05, 4.69) is 12.2 Å². The van der Waals surface area contributed by atoms with Crippen molar-refractivity contribution in [3.63, 3.8) is 0 Å². The minimum atomic E-state index is -0.519. The third-order valence-electron chi connectivity index (χ3n) is 5.56. The second-order valence-corrected chi connectivity index (χ2v) is 8.37. The van der Waals surface area contributed by atoms with E-state index in [-0.39, 0.29) is 5.69 Å². The predicted octanol–water partition coefficient (Wildman–Crippen LogP) is 8.40. The number of ether oxygens (including phenoxy) is 1. The van der Waals surface area contributed by atoms with Gasteiger partial charge < -0.3 is 4.74 Å². The second-order valence-electron chi connectivity index (χ2n) is 8.37. The number of hydrogen-bond donors (Lipinski definition) is 1. The molecule has 0 unspecified atom stereocenters. The van der Waals surface area contributed by atoms with Gasteiger partial charge in [0.25, 0.3) is 5.69 Å². The SMILES string of the molecule is CCCCCCCCCCCCCCCCCCOC(=O)Nc1ccc([N+](=O)[O-])cc1. The first-order valence-electron chi connectivity index (χ1n) is 12.3. The molecule has 1 amide bonds. The number of nitrogens with one attached hydrogen (secondary N) is 1. The first kappa shape index (κ1) is 26.9. The van der Waals surface area contributed by atoms with Crippen molar-refractivity contribution in [1.29, 1.82) is 0 Å². The standard InChI is InChI=1S/C25H42N2O4/c1-2-3-4-5-6-7-8-9-10-11-12-13-14-15-16-17-22-31-25(28)26-23-18-20-24(21-19-23)27(29)30/h18-21H,2-17,22H2,1H3,(H,26,28). The largest absolute Gasteiger partial charge is 0.449 e. The molecular weight excluding hydrogens is 392 g/mol. The Hall–Kier alpha value is -2.11. The van der Waals surface area contributed by atoms with Crippen molar-refractivity contribution in [2.24, 2.45) is 0 Å². The molecule has 0 spiro atoms. The number of amides is 1.